The van der Waals surface area contributed by atoms with Crippen molar-refractivity contribution < 1.29 is 8.42 Å². The van der Waals surface area contributed by atoms with E-state index in [1.807, 2.05) is 13.0 Å². The first-order valence-corrected chi connectivity index (χ1v) is 7.83. The van der Waals surface area contributed by atoms with Crippen molar-refractivity contribution in [1.82, 2.24) is 4.98 Å². The van der Waals surface area contributed by atoms with Gasteiger partial charge in [-0.3, -0.25) is 9.10 Å². The molecule has 7 heteroatoms. The van der Waals surface area contributed by atoms with Crippen LogP contribution in [0.25, 0.3) is 0 Å². The lowest BCUT2D eigenvalue weighted by Crippen LogP contribution is -2.26. The Morgan fingerprint density at radius 1 is 1.26 bits per heavy atom. The van der Waals surface area contributed by atoms with Crippen LogP contribution in [0.1, 0.15) is 11.3 Å². The molecule has 1 aromatic heterocycles. The number of nitrogens with zero attached hydrogens (tertiary/aromatic N) is 1. The summed E-state index contributed by atoms with van der Waals surface area (Å²) >= 11 is 0.708. The summed E-state index contributed by atoms with van der Waals surface area (Å²) < 4.78 is 26.2. The van der Waals surface area contributed by atoms with Gasteiger partial charge in [0.25, 0.3) is 10.0 Å². The minimum Gasteiger partial charge on any atom is -0.315 e. The maximum Gasteiger partial charge on any atom is 0.306 e. The van der Waals surface area contributed by atoms with Gasteiger partial charge in [0.05, 0.1) is 5.69 Å². The molecule has 19 heavy (non-hydrogen) atoms. The average Bonchev–Trinajstić information content (AvgIpc) is 2.68. The average molecular weight is 298 g/mol. The smallest absolute Gasteiger partial charge is 0.306 e. The van der Waals surface area contributed by atoms with Gasteiger partial charge in [-0.15, -0.1) is 0 Å². The van der Waals surface area contributed by atoms with E-state index in [4.69, 9.17) is 0 Å². The Labute approximate surface area is 115 Å². The number of benzene rings is 1. The molecule has 0 amide bonds. The van der Waals surface area contributed by atoms with Crippen molar-refractivity contribution in [1.29, 1.82) is 0 Å². The van der Waals surface area contributed by atoms with Gasteiger partial charge in [0, 0.05) is 12.7 Å². The summed E-state index contributed by atoms with van der Waals surface area (Å²) in [7, 11) is -2.22. The summed E-state index contributed by atoms with van der Waals surface area (Å²) in [6.07, 6.45) is 0. The number of anilines is 1. The second kappa shape index (κ2) is 4.82. The van der Waals surface area contributed by atoms with Crippen LogP contribution >= 0.6 is 11.3 Å². The second-order valence-corrected chi connectivity index (χ2v) is 7.39. The largest absolute Gasteiger partial charge is 0.315 e. The Balaban J connectivity index is 2.51. The van der Waals surface area contributed by atoms with Crippen molar-refractivity contribution in [3.8, 4) is 0 Å². The number of H-pyrrole nitrogens is 1. The maximum absolute atomic E-state index is 12.5. The van der Waals surface area contributed by atoms with Gasteiger partial charge in [-0.1, -0.05) is 23.5 Å². The van der Waals surface area contributed by atoms with Crippen LogP contribution in [-0.4, -0.2) is 20.4 Å². The van der Waals surface area contributed by atoms with Crippen LogP contribution in [0.3, 0.4) is 0 Å². The number of nitrogens with one attached hydrogen (secondary N) is 1. The first kappa shape index (κ1) is 13.8. The summed E-state index contributed by atoms with van der Waals surface area (Å²) in [5.74, 6) is 0. The Kier molecular flexibility index (Phi) is 3.51. The first-order valence-electron chi connectivity index (χ1n) is 5.57. The zero-order valence-electron chi connectivity index (χ0n) is 10.8. The lowest BCUT2D eigenvalue weighted by atomic mass is 10.2. The quantitative estimate of drug-likeness (QED) is 0.940. The molecule has 1 N–H and O–H groups in total. The highest BCUT2D eigenvalue weighted by Gasteiger charge is 2.26. The Bertz CT molecular complexity index is 759. The van der Waals surface area contributed by atoms with Gasteiger partial charge < -0.3 is 4.98 Å². The van der Waals surface area contributed by atoms with Crippen molar-refractivity contribution in [3.05, 3.63) is 45.2 Å². The Morgan fingerprint density at radius 3 is 2.47 bits per heavy atom. The van der Waals surface area contributed by atoms with Crippen LogP contribution < -0.4 is 9.18 Å². The molecule has 0 fully saturated rings. The standard InChI is InChI=1S/C12H14N2O3S2/c1-8-5-4-6-10(7-8)14(3)19(16,17)11-9(2)13-12(15)18-11/h4-7H,1-3H3,(H,13,15). The molecule has 0 atom stereocenters. The normalized spacial score (nSPS) is 11.5. The fourth-order valence-corrected chi connectivity index (χ4v) is 4.36. The zero-order valence-corrected chi connectivity index (χ0v) is 12.4. The van der Waals surface area contributed by atoms with Gasteiger partial charge in [0.15, 0.2) is 4.21 Å². The summed E-state index contributed by atoms with van der Waals surface area (Å²) in [5, 5.41) is 0. The predicted molar refractivity (Wildman–Crippen MR) is 76.4 cm³/mol. The molecule has 0 bridgehead atoms. The second-order valence-electron chi connectivity index (χ2n) is 4.24. The molecular weight excluding hydrogens is 284 g/mol. The molecule has 0 radical (unpaired) electrons. The third-order valence-electron chi connectivity index (χ3n) is 2.74. The van der Waals surface area contributed by atoms with Gasteiger partial charge in [-0.2, -0.15) is 0 Å². The lowest BCUT2D eigenvalue weighted by Gasteiger charge is -2.19. The Hall–Kier alpha value is -1.60. The van der Waals surface area contributed by atoms with E-state index in [0.717, 1.165) is 5.56 Å². The number of thiazole rings is 1. The predicted octanol–water partition coefficient (Wildman–Crippen LogP) is 1.88. The number of hydrogen-bond acceptors (Lipinski definition) is 4. The molecule has 0 saturated carbocycles. The lowest BCUT2D eigenvalue weighted by molar-refractivity contribution is 0.595. The monoisotopic (exact) mass is 298 g/mol. The summed E-state index contributed by atoms with van der Waals surface area (Å²) in [6, 6.07) is 7.19. The molecule has 0 aliphatic heterocycles. The Morgan fingerprint density at radius 2 is 1.95 bits per heavy atom. The first-order chi connectivity index (χ1) is 8.82. The molecule has 102 valence electrons. The van der Waals surface area contributed by atoms with E-state index in [-0.39, 0.29) is 9.08 Å². The fourth-order valence-electron chi connectivity index (χ4n) is 1.72. The molecule has 1 aromatic carbocycles. The SMILES string of the molecule is Cc1cccc(N(C)S(=O)(=O)c2sc(=O)[nH]c2C)c1. The van der Waals surface area contributed by atoms with Crippen LogP contribution in [0.4, 0.5) is 5.69 Å². The van der Waals surface area contributed by atoms with E-state index in [1.54, 1.807) is 25.1 Å². The summed E-state index contributed by atoms with van der Waals surface area (Å²) in [4.78, 5) is 13.4. The topological polar surface area (TPSA) is 70.2 Å². The molecule has 2 aromatic rings. The highest BCUT2D eigenvalue weighted by atomic mass is 32.2. The van der Waals surface area contributed by atoms with E-state index in [0.29, 0.717) is 22.7 Å². The van der Waals surface area contributed by atoms with Gasteiger partial charge in [0.1, 0.15) is 0 Å². The number of aromatic nitrogens is 1. The number of aryl methyl sites for hydroxylation is 2. The van der Waals surface area contributed by atoms with Crippen molar-refractivity contribution in [2.75, 3.05) is 11.4 Å². The van der Waals surface area contributed by atoms with Gasteiger partial charge >= 0.3 is 4.87 Å². The van der Waals surface area contributed by atoms with Crippen molar-refractivity contribution in [2.24, 2.45) is 0 Å². The number of aromatic amines is 1. The highest BCUT2D eigenvalue weighted by Crippen LogP contribution is 2.25. The molecule has 0 saturated heterocycles. The summed E-state index contributed by atoms with van der Waals surface area (Å²) in [6.45, 7) is 3.47. The van der Waals surface area contributed by atoms with Gasteiger partial charge in [-0.25, -0.2) is 8.42 Å². The third-order valence-corrected chi connectivity index (χ3v) is 6.11. The van der Waals surface area contributed by atoms with Crippen molar-refractivity contribution in [2.45, 2.75) is 18.1 Å². The fraction of sp³-hybridized carbons (Fsp3) is 0.250. The molecule has 0 unspecified atom stereocenters. The van der Waals surface area contributed by atoms with Crippen LogP contribution in [0, 0.1) is 13.8 Å². The molecule has 0 aliphatic carbocycles. The molecule has 2 rings (SSSR count). The van der Waals surface area contributed by atoms with E-state index >= 15 is 0 Å². The van der Waals surface area contributed by atoms with Gasteiger partial charge in [0.2, 0.25) is 0 Å². The van der Waals surface area contributed by atoms with E-state index in [1.165, 1.54) is 11.4 Å². The van der Waals surface area contributed by atoms with Crippen LogP contribution in [0.5, 0.6) is 0 Å². The molecule has 0 spiro atoms. The van der Waals surface area contributed by atoms with Crippen molar-refractivity contribution >= 4 is 27.0 Å². The van der Waals surface area contributed by atoms with Crippen molar-refractivity contribution in [3.63, 3.8) is 0 Å². The number of rotatable bonds is 3. The minimum absolute atomic E-state index is 0.0570. The molecule has 0 aliphatic rings. The van der Waals surface area contributed by atoms with Crippen LogP contribution in [-0.2, 0) is 10.0 Å². The van der Waals surface area contributed by atoms with E-state index < -0.39 is 10.0 Å². The zero-order chi connectivity index (χ0) is 14.2. The number of hydrogen-bond donors (Lipinski definition) is 1. The maximum atomic E-state index is 12.5. The highest BCUT2D eigenvalue weighted by molar-refractivity contribution is 7.94. The minimum atomic E-state index is -3.70. The van der Waals surface area contributed by atoms with Gasteiger partial charge in [-0.05, 0) is 31.5 Å². The van der Waals surface area contributed by atoms with Crippen LogP contribution in [0.15, 0.2) is 33.3 Å². The van der Waals surface area contributed by atoms with E-state index in [2.05, 4.69) is 4.98 Å². The molecule has 1 heterocycles. The van der Waals surface area contributed by atoms with Crippen LogP contribution in [0.2, 0.25) is 0 Å². The van der Waals surface area contributed by atoms with E-state index in [9.17, 15) is 13.2 Å². The molecule has 5 nitrogen and oxygen atoms in total. The molecular formula is C12H14N2O3S2. The third kappa shape index (κ3) is 2.57. The number of sulfonamides is 1. The summed E-state index contributed by atoms with van der Waals surface area (Å²) in [5.41, 5.74) is 1.91.